The zero-order valence-corrected chi connectivity index (χ0v) is 9.95. The average Bonchev–Trinajstić information content (AvgIpc) is 3.13. The van der Waals surface area contributed by atoms with Crippen LogP contribution in [0.4, 0.5) is 0 Å². The third-order valence-corrected chi connectivity index (χ3v) is 3.83. The average molecular weight is 233 g/mol. The molecule has 0 amide bonds. The highest BCUT2D eigenvalue weighted by Gasteiger charge is 2.63. The smallest absolute Gasteiger partial charge is 0.326 e. The van der Waals surface area contributed by atoms with E-state index in [-0.39, 0.29) is 11.9 Å². The molecule has 2 atom stereocenters. The number of benzene rings is 1. The van der Waals surface area contributed by atoms with Gasteiger partial charge in [-0.3, -0.25) is 10.1 Å². The minimum atomic E-state index is -0.478. The molecule has 1 aliphatic carbocycles. The molecule has 1 heterocycles. The van der Waals surface area contributed by atoms with E-state index in [9.17, 15) is 4.79 Å². The summed E-state index contributed by atoms with van der Waals surface area (Å²) in [5, 5.41) is 3.30. The van der Waals surface area contributed by atoms with Crippen molar-refractivity contribution in [1.82, 2.24) is 5.32 Å². The molecule has 1 aliphatic heterocycles. The molecule has 0 spiro atoms. The van der Waals surface area contributed by atoms with Crippen LogP contribution in [-0.4, -0.2) is 25.7 Å². The number of esters is 1. The predicted octanol–water partition coefficient (Wildman–Crippen LogP) is 1.20. The Kier molecular flexibility index (Phi) is 2.16. The molecule has 4 heteroatoms. The van der Waals surface area contributed by atoms with Crippen LogP contribution in [0.5, 0.6) is 5.75 Å². The quantitative estimate of drug-likeness (QED) is 0.780. The van der Waals surface area contributed by atoms with Gasteiger partial charge in [-0.05, 0) is 29.7 Å². The molecule has 0 saturated heterocycles. The lowest BCUT2D eigenvalue weighted by atomic mass is 9.95. The van der Waals surface area contributed by atoms with E-state index in [4.69, 9.17) is 9.47 Å². The van der Waals surface area contributed by atoms with Crippen LogP contribution in [0.15, 0.2) is 18.2 Å². The Morgan fingerprint density at radius 1 is 1.47 bits per heavy atom. The van der Waals surface area contributed by atoms with Crippen molar-refractivity contribution < 1.29 is 14.3 Å². The van der Waals surface area contributed by atoms with Crippen molar-refractivity contribution in [1.29, 1.82) is 0 Å². The van der Waals surface area contributed by atoms with Crippen molar-refractivity contribution in [3.05, 3.63) is 29.3 Å². The lowest BCUT2D eigenvalue weighted by Crippen LogP contribution is -2.43. The zero-order chi connectivity index (χ0) is 12.0. The van der Waals surface area contributed by atoms with Crippen molar-refractivity contribution in [2.75, 3.05) is 14.2 Å². The highest BCUT2D eigenvalue weighted by molar-refractivity contribution is 5.87. The number of hydrogen-bond acceptors (Lipinski definition) is 4. The van der Waals surface area contributed by atoms with Gasteiger partial charge >= 0.3 is 5.97 Å². The van der Waals surface area contributed by atoms with Gasteiger partial charge in [0.2, 0.25) is 0 Å². The van der Waals surface area contributed by atoms with E-state index in [0.717, 1.165) is 12.2 Å². The molecule has 90 valence electrons. The van der Waals surface area contributed by atoms with E-state index in [2.05, 4.69) is 11.4 Å². The lowest BCUT2D eigenvalue weighted by molar-refractivity contribution is -0.144. The highest BCUT2D eigenvalue weighted by atomic mass is 16.5. The van der Waals surface area contributed by atoms with Gasteiger partial charge in [-0.15, -0.1) is 0 Å². The molecule has 1 aromatic carbocycles. The van der Waals surface area contributed by atoms with Crippen molar-refractivity contribution in [3.63, 3.8) is 0 Å². The van der Waals surface area contributed by atoms with E-state index in [1.54, 1.807) is 7.11 Å². The highest BCUT2D eigenvalue weighted by Crippen LogP contribution is 2.56. The maximum atomic E-state index is 11.8. The number of hydrogen-bond donors (Lipinski definition) is 1. The molecule has 1 N–H and O–H groups in total. The van der Waals surface area contributed by atoms with Gasteiger partial charge < -0.3 is 9.47 Å². The van der Waals surface area contributed by atoms with Gasteiger partial charge in [-0.25, -0.2) is 0 Å². The Morgan fingerprint density at radius 2 is 2.29 bits per heavy atom. The van der Waals surface area contributed by atoms with Crippen LogP contribution in [0.1, 0.15) is 23.5 Å². The Balaban J connectivity index is 1.97. The standard InChI is InChI=1S/C13H15NO3/c1-16-9-4-3-8-7-14-13(12(15)17-2)6-11(13)10(8)5-9/h3-5,11,14H,6-7H2,1-2H3/t11-,13+/m1/s1. The second-order valence-electron chi connectivity index (χ2n) is 4.64. The summed E-state index contributed by atoms with van der Waals surface area (Å²) >= 11 is 0. The summed E-state index contributed by atoms with van der Waals surface area (Å²) in [7, 11) is 3.10. The summed E-state index contributed by atoms with van der Waals surface area (Å²) in [6.07, 6.45) is 0.819. The minimum Gasteiger partial charge on any atom is -0.497 e. The molecule has 0 bridgehead atoms. The maximum absolute atomic E-state index is 11.8. The van der Waals surface area contributed by atoms with Crippen molar-refractivity contribution in [3.8, 4) is 5.75 Å². The van der Waals surface area contributed by atoms with Gasteiger partial charge in [0.1, 0.15) is 11.3 Å². The number of ether oxygens (including phenoxy) is 2. The molecule has 0 radical (unpaired) electrons. The van der Waals surface area contributed by atoms with Crippen molar-refractivity contribution in [2.24, 2.45) is 0 Å². The topological polar surface area (TPSA) is 47.6 Å². The van der Waals surface area contributed by atoms with E-state index >= 15 is 0 Å². The summed E-state index contributed by atoms with van der Waals surface area (Å²) in [5.74, 6) is 0.918. The molecular formula is C13H15NO3. The summed E-state index contributed by atoms with van der Waals surface area (Å²) in [6.45, 7) is 0.713. The van der Waals surface area contributed by atoms with Crippen LogP contribution >= 0.6 is 0 Å². The fraction of sp³-hybridized carbons (Fsp3) is 0.462. The Hall–Kier alpha value is -1.55. The Morgan fingerprint density at radius 3 is 3.00 bits per heavy atom. The predicted molar refractivity (Wildman–Crippen MR) is 61.9 cm³/mol. The van der Waals surface area contributed by atoms with Crippen LogP contribution in [0, 0.1) is 0 Å². The molecule has 17 heavy (non-hydrogen) atoms. The first-order valence-electron chi connectivity index (χ1n) is 5.71. The van der Waals surface area contributed by atoms with E-state index < -0.39 is 5.54 Å². The molecule has 2 aliphatic rings. The monoisotopic (exact) mass is 233 g/mol. The van der Waals surface area contributed by atoms with Gasteiger partial charge in [0.05, 0.1) is 14.2 Å². The van der Waals surface area contributed by atoms with E-state index in [1.165, 1.54) is 18.2 Å². The fourth-order valence-corrected chi connectivity index (χ4v) is 2.75. The molecule has 1 fully saturated rings. The first-order valence-corrected chi connectivity index (χ1v) is 5.71. The summed E-state index contributed by atoms with van der Waals surface area (Å²) in [4.78, 5) is 11.8. The van der Waals surface area contributed by atoms with Gasteiger partial charge in [0.15, 0.2) is 0 Å². The van der Waals surface area contributed by atoms with E-state index in [0.29, 0.717) is 6.54 Å². The first-order chi connectivity index (χ1) is 8.21. The molecule has 0 unspecified atom stereocenters. The van der Waals surface area contributed by atoms with Gasteiger partial charge in [0, 0.05) is 12.5 Å². The van der Waals surface area contributed by atoms with Gasteiger partial charge in [-0.2, -0.15) is 0 Å². The SMILES string of the molecule is COC(=O)[C@]12C[C@@H]1c1cc(OC)ccc1CN2. The molecule has 1 saturated carbocycles. The van der Waals surface area contributed by atoms with Crippen LogP contribution in [-0.2, 0) is 16.1 Å². The summed E-state index contributed by atoms with van der Waals surface area (Å²) in [5.41, 5.74) is 1.98. The van der Waals surface area contributed by atoms with Gasteiger partial charge in [-0.1, -0.05) is 6.07 Å². The normalized spacial score (nSPS) is 28.9. The van der Waals surface area contributed by atoms with Crippen LogP contribution < -0.4 is 10.1 Å². The molecule has 4 nitrogen and oxygen atoms in total. The van der Waals surface area contributed by atoms with Crippen molar-refractivity contribution >= 4 is 5.97 Å². The Bertz CT molecular complexity index is 486. The molecule has 0 aromatic heterocycles. The molecule has 1 aromatic rings. The number of rotatable bonds is 2. The van der Waals surface area contributed by atoms with E-state index in [1.807, 2.05) is 12.1 Å². The zero-order valence-electron chi connectivity index (χ0n) is 9.95. The summed E-state index contributed by atoms with van der Waals surface area (Å²) < 4.78 is 10.1. The second-order valence-corrected chi connectivity index (χ2v) is 4.64. The summed E-state index contributed by atoms with van der Waals surface area (Å²) in [6, 6.07) is 6.04. The molecular weight excluding hydrogens is 218 g/mol. The second kappa shape index (κ2) is 3.47. The van der Waals surface area contributed by atoms with Crippen LogP contribution in [0.3, 0.4) is 0 Å². The molecule has 3 rings (SSSR count). The third-order valence-electron chi connectivity index (χ3n) is 3.83. The Labute approximate surface area is 99.9 Å². The maximum Gasteiger partial charge on any atom is 0.326 e. The van der Waals surface area contributed by atoms with Gasteiger partial charge in [0.25, 0.3) is 0 Å². The largest absolute Gasteiger partial charge is 0.497 e. The van der Waals surface area contributed by atoms with Crippen LogP contribution in [0.2, 0.25) is 0 Å². The minimum absolute atomic E-state index is 0.157. The van der Waals surface area contributed by atoms with Crippen molar-refractivity contribution in [2.45, 2.75) is 24.4 Å². The number of nitrogens with one attached hydrogen (secondary N) is 1. The number of carbonyl (C=O) groups excluding carboxylic acids is 1. The first kappa shape index (κ1) is 10.6. The lowest BCUT2D eigenvalue weighted by Gasteiger charge is -2.24. The number of fused-ring (bicyclic) bond motifs is 3. The van der Waals surface area contributed by atoms with Crippen LogP contribution in [0.25, 0.3) is 0 Å². The fourth-order valence-electron chi connectivity index (χ4n) is 2.75. The number of carbonyl (C=O) groups is 1. The number of methoxy groups -OCH3 is 2. The third kappa shape index (κ3) is 1.37.